The zero-order valence-electron chi connectivity index (χ0n) is 8.74. The number of hydrogen-bond acceptors (Lipinski definition) is 1. The van der Waals surface area contributed by atoms with Gasteiger partial charge in [-0.05, 0) is 12.0 Å². The molecule has 1 heteroatoms. The van der Waals surface area contributed by atoms with Crippen LogP contribution in [0.2, 0.25) is 0 Å². The molecule has 0 bridgehead atoms. The maximum atomic E-state index is 5.66. The Bertz CT molecular complexity index is 184. The summed E-state index contributed by atoms with van der Waals surface area (Å²) in [5.41, 5.74) is 1.76. The van der Waals surface area contributed by atoms with Gasteiger partial charge in [-0.25, -0.2) is 0 Å². The summed E-state index contributed by atoms with van der Waals surface area (Å²) in [5, 5.41) is 0. The molecule has 0 aromatic rings. The average molecular weight is 168 g/mol. The van der Waals surface area contributed by atoms with Gasteiger partial charge < -0.3 is 4.74 Å². The van der Waals surface area contributed by atoms with E-state index in [9.17, 15) is 0 Å². The third-order valence-corrected chi connectivity index (χ3v) is 2.20. The maximum Gasteiger partial charge on any atom is 0.101 e. The van der Waals surface area contributed by atoms with Crippen molar-refractivity contribution in [2.45, 2.75) is 47.0 Å². The molecule has 0 unspecified atom stereocenters. The lowest BCUT2D eigenvalue weighted by atomic mass is 9.89. The Kier molecular flexibility index (Phi) is 2.81. The fourth-order valence-corrected chi connectivity index (χ4v) is 1.78. The molecule has 1 nitrogen and oxygen atoms in total. The fraction of sp³-hybridized carbons (Fsp3) is 0.818. The van der Waals surface area contributed by atoms with Crippen molar-refractivity contribution in [1.29, 1.82) is 0 Å². The van der Waals surface area contributed by atoms with E-state index in [1.54, 1.807) is 5.57 Å². The molecule has 0 saturated carbocycles. The lowest BCUT2D eigenvalue weighted by Gasteiger charge is -2.21. The standard InChI is InChI=1S/C11H20O/c1-5-6-9-7-8-12-10(9)11(2,3)4/h5-8H2,1-4H3. The third-order valence-electron chi connectivity index (χ3n) is 2.20. The van der Waals surface area contributed by atoms with E-state index < -0.39 is 0 Å². The van der Waals surface area contributed by atoms with Crippen molar-refractivity contribution >= 4 is 0 Å². The Morgan fingerprint density at radius 1 is 1.33 bits per heavy atom. The molecule has 1 aliphatic heterocycles. The lowest BCUT2D eigenvalue weighted by Crippen LogP contribution is -2.10. The topological polar surface area (TPSA) is 9.23 Å². The van der Waals surface area contributed by atoms with Gasteiger partial charge in [0.1, 0.15) is 5.76 Å². The summed E-state index contributed by atoms with van der Waals surface area (Å²) >= 11 is 0. The van der Waals surface area contributed by atoms with Crippen LogP contribution in [0.5, 0.6) is 0 Å². The average Bonchev–Trinajstić information content (AvgIpc) is 2.34. The summed E-state index contributed by atoms with van der Waals surface area (Å²) in [6.07, 6.45) is 3.60. The van der Waals surface area contributed by atoms with E-state index in [-0.39, 0.29) is 5.41 Å². The number of allylic oxidation sites excluding steroid dienone is 1. The van der Waals surface area contributed by atoms with Crippen molar-refractivity contribution in [2.75, 3.05) is 6.61 Å². The molecule has 0 aliphatic carbocycles. The molecule has 0 aromatic carbocycles. The predicted octanol–water partition coefficient (Wildman–Crippen LogP) is 3.51. The van der Waals surface area contributed by atoms with Crippen molar-refractivity contribution in [2.24, 2.45) is 5.41 Å². The van der Waals surface area contributed by atoms with Crippen molar-refractivity contribution < 1.29 is 4.74 Å². The van der Waals surface area contributed by atoms with Gasteiger partial charge in [0.2, 0.25) is 0 Å². The Hall–Kier alpha value is -0.460. The first-order chi connectivity index (χ1) is 5.55. The molecule has 0 spiro atoms. The molecule has 0 N–H and O–H groups in total. The monoisotopic (exact) mass is 168 g/mol. The zero-order chi connectivity index (χ0) is 9.19. The van der Waals surface area contributed by atoms with E-state index in [1.165, 1.54) is 18.6 Å². The number of hydrogen-bond donors (Lipinski definition) is 0. The van der Waals surface area contributed by atoms with Crippen molar-refractivity contribution in [3.8, 4) is 0 Å². The van der Waals surface area contributed by atoms with Crippen molar-refractivity contribution in [1.82, 2.24) is 0 Å². The Labute approximate surface area is 75.8 Å². The smallest absolute Gasteiger partial charge is 0.101 e. The van der Waals surface area contributed by atoms with Crippen LogP contribution in [0.4, 0.5) is 0 Å². The van der Waals surface area contributed by atoms with E-state index >= 15 is 0 Å². The van der Waals surface area contributed by atoms with Gasteiger partial charge in [0.15, 0.2) is 0 Å². The highest BCUT2D eigenvalue weighted by Gasteiger charge is 2.26. The summed E-state index contributed by atoms with van der Waals surface area (Å²) in [4.78, 5) is 0. The van der Waals surface area contributed by atoms with Gasteiger partial charge in [-0.2, -0.15) is 0 Å². The second-order valence-electron chi connectivity index (χ2n) is 4.53. The number of rotatable bonds is 2. The third kappa shape index (κ3) is 2.02. The van der Waals surface area contributed by atoms with Gasteiger partial charge in [-0.3, -0.25) is 0 Å². The van der Waals surface area contributed by atoms with E-state index in [2.05, 4.69) is 27.7 Å². The first kappa shape index (κ1) is 9.63. The van der Waals surface area contributed by atoms with Crippen LogP contribution in [0.3, 0.4) is 0 Å². The Morgan fingerprint density at radius 3 is 2.50 bits per heavy atom. The summed E-state index contributed by atoms with van der Waals surface area (Å²) in [6, 6.07) is 0. The quantitative estimate of drug-likeness (QED) is 0.613. The van der Waals surface area contributed by atoms with Crippen molar-refractivity contribution in [3.63, 3.8) is 0 Å². The molecule has 0 radical (unpaired) electrons. The molecule has 1 aliphatic rings. The number of ether oxygens (including phenoxy) is 1. The minimum atomic E-state index is 0.209. The summed E-state index contributed by atoms with van der Waals surface area (Å²) in [7, 11) is 0. The molecule has 0 amide bonds. The van der Waals surface area contributed by atoms with Gasteiger partial charge in [-0.15, -0.1) is 0 Å². The molecular formula is C11H20O. The molecular weight excluding hydrogens is 148 g/mol. The molecule has 0 aromatic heterocycles. The van der Waals surface area contributed by atoms with Gasteiger partial charge in [0.25, 0.3) is 0 Å². The normalized spacial score (nSPS) is 18.3. The van der Waals surface area contributed by atoms with Gasteiger partial charge >= 0.3 is 0 Å². The van der Waals surface area contributed by atoms with Crippen LogP contribution in [-0.2, 0) is 4.74 Å². The maximum absolute atomic E-state index is 5.66. The van der Waals surface area contributed by atoms with Crippen LogP contribution in [0.1, 0.15) is 47.0 Å². The first-order valence-corrected chi connectivity index (χ1v) is 4.91. The van der Waals surface area contributed by atoms with E-state index in [0.29, 0.717) is 0 Å². The van der Waals surface area contributed by atoms with Crippen LogP contribution in [-0.4, -0.2) is 6.61 Å². The molecule has 70 valence electrons. The van der Waals surface area contributed by atoms with Crippen LogP contribution in [0.15, 0.2) is 11.3 Å². The SMILES string of the molecule is CCCC1=C(C(C)(C)C)OCC1. The predicted molar refractivity (Wildman–Crippen MR) is 52.0 cm³/mol. The van der Waals surface area contributed by atoms with E-state index in [4.69, 9.17) is 4.74 Å². The molecule has 0 atom stereocenters. The molecule has 1 rings (SSSR count). The minimum Gasteiger partial charge on any atom is -0.497 e. The Morgan fingerprint density at radius 2 is 2.00 bits per heavy atom. The molecule has 12 heavy (non-hydrogen) atoms. The second-order valence-corrected chi connectivity index (χ2v) is 4.53. The van der Waals surface area contributed by atoms with Crippen molar-refractivity contribution in [3.05, 3.63) is 11.3 Å². The van der Waals surface area contributed by atoms with Gasteiger partial charge in [0.05, 0.1) is 6.61 Å². The summed E-state index contributed by atoms with van der Waals surface area (Å²) in [6.45, 7) is 9.81. The van der Waals surface area contributed by atoms with Gasteiger partial charge in [0, 0.05) is 11.8 Å². The first-order valence-electron chi connectivity index (χ1n) is 4.91. The van der Waals surface area contributed by atoms with E-state index in [1.807, 2.05) is 0 Å². The summed E-state index contributed by atoms with van der Waals surface area (Å²) < 4.78 is 5.66. The van der Waals surface area contributed by atoms with Crippen LogP contribution >= 0.6 is 0 Å². The van der Waals surface area contributed by atoms with Crippen LogP contribution < -0.4 is 0 Å². The fourth-order valence-electron chi connectivity index (χ4n) is 1.78. The zero-order valence-corrected chi connectivity index (χ0v) is 8.74. The summed E-state index contributed by atoms with van der Waals surface area (Å²) in [5.74, 6) is 1.25. The molecule has 0 fully saturated rings. The second kappa shape index (κ2) is 3.51. The highest BCUT2D eigenvalue weighted by Crippen LogP contribution is 2.36. The Balaban J connectivity index is 2.76. The van der Waals surface area contributed by atoms with Crippen LogP contribution in [0.25, 0.3) is 0 Å². The molecule has 0 saturated heterocycles. The molecule has 1 heterocycles. The largest absolute Gasteiger partial charge is 0.497 e. The lowest BCUT2D eigenvalue weighted by molar-refractivity contribution is 0.179. The van der Waals surface area contributed by atoms with E-state index in [0.717, 1.165) is 13.0 Å². The van der Waals surface area contributed by atoms with Gasteiger partial charge in [-0.1, -0.05) is 34.1 Å². The van der Waals surface area contributed by atoms with Crippen LogP contribution in [0, 0.1) is 5.41 Å². The highest BCUT2D eigenvalue weighted by molar-refractivity contribution is 5.18. The minimum absolute atomic E-state index is 0.209. The highest BCUT2D eigenvalue weighted by atomic mass is 16.5.